The van der Waals surface area contributed by atoms with Crippen LogP contribution in [0.4, 0.5) is 0 Å². The summed E-state index contributed by atoms with van der Waals surface area (Å²) >= 11 is 0. The number of amides is 1. The molecule has 1 aliphatic rings. The molecule has 3 rings (SSSR count). The van der Waals surface area contributed by atoms with Crippen molar-refractivity contribution in [1.82, 2.24) is 9.88 Å². The Morgan fingerprint density at radius 1 is 0.944 bits per heavy atom. The number of carbonyl (C=O) groups excluding carboxylic acids is 1. The highest BCUT2D eigenvalue weighted by Gasteiger charge is 2.25. The lowest BCUT2D eigenvalue weighted by Gasteiger charge is -2.27. The molecule has 1 N–H and O–H groups in total. The fourth-order valence-electron chi connectivity index (χ4n) is 5.29. The van der Waals surface area contributed by atoms with Gasteiger partial charge in [-0.3, -0.25) is 4.79 Å². The van der Waals surface area contributed by atoms with Gasteiger partial charge in [0.25, 0.3) is 5.91 Å². The van der Waals surface area contributed by atoms with Gasteiger partial charge in [0.1, 0.15) is 0 Å². The van der Waals surface area contributed by atoms with Crippen molar-refractivity contribution in [2.24, 2.45) is 5.92 Å². The lowest BCUT2D eigenvalue weighted by molar-refractivity contribution is 0.0950. The number of methoxy groups -OCH3 is 1. The number of ether oxygens (including phenoxy) is 1. The molecule has 0 saturated heterocycles. The van der Waals surface area contributed by atoms with Crippen molar-refractivity contribution >= 4 is 5.91 Å². The van der Waals surface area contributed by atoms with Crippen molar-refractivity contribution in [1.29, 1.82) is 0 Å². The molecule has 1 aliphatic carbocycles. The van der Waals surface area contributed by atoms with Gasteiger partial charge in [-0.05, 0) is 84.2 Å². The zero-order chi connectivity index (χ0) is 26.5. The van der Waals surface area contributed by atoms with E-state index in [4.69, 9.17) is 4.74 Å². The molecule has 1 amide bonds. The molecule has 1 aromatic heterocycles. The Morgan fingerprint density at radius 3 is 2.11 bits per heavy atom. The summed E-state index contributed by atoms with van der Waals surface area (Å²) in [6.07, 6.45) is 8.45. The van der Waals surface area contributed by atoms with Crippen LogP contribution in [0.25, 0.3) is 11.3 Å². The lowest BCUT2D eigenvalue weighted by atomic mass is 9.79. The van der Waals surface area contributed by atoms with Gasteiger partial charge in [-0.1, -0.05) is 66.9 Å². The van der Waals surface area contributed by atoms with Gasteiger partial charge in [0, 0.05) is 38.2 Å². The number of aromatic nitrogens is 1. The van der Waals surface area contributed by atoms with E-state index in [2.05, 4.69) is 82.6 Å². The number of hydrogen-bond donors (Lipinski definition) is 1. The predicted molar refractivity (Wildman–Crippen MR) is 152 cm³/mol. The number of carbonyl (C=O) groups is 1. The van der Waals surface area contributed by atoms with E-state index in [1.807, 2.05) is 0 Å². The van der Waals surface area contributed by atoms with E-state index in [-0.39, 0.29) is 16.7 Å². The van der Waals surface area contributed by atoms with Crippen molar-refractivity contribution in [3.63, 3.8) is 0 Å². The minimum atomic E-state index is 0.0385. The smallest absolute Gasteiger partial charge is 0.253 e. The van der Waals surface area contributed by atoms with Gasteiger partial charge in [0.2, 0.25) is 0 Å². The lowest BCUT2D eigenvalue weighted by Crippen LogP contribution is -2.25. The molecule has 1 saturated carbocycles. The summed E-state index contributed by atoms with van der Waals surface area (Å²) in [5.74, 6) is 0.720. The second-order valence-corrected chi connectivity index (χ2v) is 12.9. The Balaban J connectivity index is 2.04. The van der Waals surface area contributed by atoms with Crippen LogP contribution in [0.1, 0.15) is 114 Å². The Kier molecular flexibility index (Phi) is 9.49. The van der Waals surface area contributed by atoms with Gasteiger partial charge in [-0.15, -0.1) is 0 Å². The zero-order valence-corrected chi connectivity index (χ0v) is 24.2. The highest BCUT2D eigenvalue weighted by molar-refractivity contribution is 5.97. The third-order valence-corrected chi connectivity index (χ3v) is 7.80. The number of unbranched alkanes of at least 4 members (excludes halogenated alkanes) is 1. The third-order valence-electron chi connectivity index (χ3n) is 7.80. The van der Waals surface area contributed by atoms with E-state index >= 15 is 0 Å². The fourth-order valence-corrected chi connectivity index (χ4v) is 5.29. The number of nitrogens with zero attached hydrogens (tertiary/aromatic N) is 1. The van der Waals surface area contributed by atoms with Gasteiger partial charge in [-0.25, -0.2) is 0 Å². The summed E-state index contributed by atoms with van der Waals surface area (Å²) in [5.41, 5.74) is 7.09. The maximum atomic E-state index is 13.3. The Hall–Kier alpha value is -2.07. The van der Waals surface area contributed by atoms with Crippen LogP contribution in [0.5, 0.6) is 0 Å². The molecule has 2 aromatic rings. The van der Waals surface area contributed by atoms with Gasteiger partial charge in [-0.2, -0.15) is 0 Å². The molecular weight excluding hydrogens is 444 g/mol. The molecule has 0 unspecified atom stereocenters. The van der Waals surface area contributed by atoms with Crippen molar-refractivity contribution in [3.05, 3.63) is 46.6 Å². The van der Waals surface area contributed by atoms with Crippen LogP contribution in [0.2, 0.25) is 0 Å². The summed E-state index contributed by atoms with van der Waals surface area (Å²) < 4.78 is 7.59. The maximum absolute atomic E-state index is 13.3. The van der Waals surface area contributed by atoms with E-state index in [1.165, 1.54) is 54.5 Å². The number of benzene rings is 1. The monoisotopic (exact) mass is 494 g/mol. The largest absolute Gasteiger partial charge is 0.385 e. The van der Waals surface area contributed by atoms with Crippen molar-refractivity contribution < 1.29 is 9.53 Å². The second kappa shape index (κ2) is 12.0. The van der Waals surface area contributed by atoms with Crippen LogP contribution in [-0.4, -0.2) is 30.7 Å². The quantitative estimate of drug-likeness (QED) is 0.361. The van der Waals surface area contributed by atoms with E-state index in [0.29, 0.717) is 12.5 Å². The van der Waals surface area contributed by atoms with Gasteiger partial charge in [0.05, 0.1) is 5.56 Å². The Morgan fingerprint density at radius 2 is 1.56 bits per heavy atom. The van der Waals surface area contributed by atoms with Crippen LogP contribution in [-0.2, 0) is 22.1 Å². The molecule has 1 aromatic carbocycles. The highest BCUT2D eigenvalue weighted by Crippen LogP contribution is 2.36. The van der Waals surface area contributed by atoms with Gasteiger partial charge in [0.15, 0.2) is 0 Å². The normalized spacial score (nSPS) is 15.3. The minimum absolute atomic E-state index is 0.0385. The molecule has 0 aliphatic heterocycles. The summed E-state index contributed by atoms with van der Waals surface area (Å²) in [6, 6.07) is 9.23. The minimum Gasteiger partial charge on any atom is -0.385 e. The number of rotatable bonds is 9. The first-order valence-corrected chi connectivity index (χ1v) is 14.1. The average Bonchev–Trinajstić information content (AvgIpc) is 3.14. The van der Waals surface area contributed by atoms with E-state index in [1.54, 1.807) is 7.11 Å². The standard InChI is InChI=1S/C32H50N2O2/c1-23-28(30(35)33-16-12-13-17-36-8)21-29(34(23)22-24-14-10-9-11-15-24)25-18-26(31(2,3)4)20-27(19-25)32(5,6)7/h18-21,24H,9-17,22H2,1-8H3,(H,33,35). The first-order valence-electron chi connectivity index (χ1n) is 14.1. The topological polar surface area (TPSA) is 43.3 Å². The SMILES string of the molecule is COCCCCNC(=O)c1cc(-c2cc(C(C)(C)C)cc(C(C)(C)C)c2)n(CC2CCCCC2)c1C. The molecule has 0 radical (unpaired) electrons. The Bertz CT molecular complexity index is 982. The van der Waals surface area contributed by atoms with Crippen LogP contribution >= 0.6 is 0 Å². The van der Waals surface area contributed by atoms with Crippen LogP contribution in [0.3, 0.4) is 0 Å². The Labute approximate surface area is 220 Å². The molecule has 4 nitrogen and oxygen atoms in total. The summed E-state index contributed by atoms with van der Waals surface area (Å²) in [4.78, 5) is 13.3. The molecule has 4 heteroatoms. The third kappa shape index (κ3) is 7.25. The average molecular weight is 495 g/mol. The van der Waals surface area contributed by atoms with Crippen LogP contribution in [0, 0.1) is 12.8 Å². The van der Waals surface area contributed by atoms with E-state index in [0.717, 1.165) is 37.3 Å². The summed E-state index contributed by atoms with van der Waals surface area (Å²) in [6.45, 7) is 18.2. The maximum Gasteiger partial charge on any atom is 0.253 e. The van der Waals surface area contributed by atoms with Crippen LogP contribution in [0.15, 0.2) is 24.3 Å². The van der Waals surface area contributed by atoms with Gasteiger partial charge < -0.3 is 14.6 Å². The van der Waals surface area contributed by atoms with Crippen molar-refractivity contribution in [3.8, 4) is 11.3 Å². The second-order valence-electron chi connectivity index (χ2n) is 12.9. The molecule has 200 valence electrons. The number of nitrogens with one attached hydrogen (secondary N) is 1. The summed E-state index contributed by atoms with van der Waals surface area (Å²) in [5, 5.41) is 3.16. The molecule has 1 fully saturated rings. The molecule has 1 heterocycles. The highest BCUT2D eigenvalue weighted by atomic mass is 16.5. The van der Waals surface area contributed by atoms with Crippen molar-refractivity contribution in [2.75, 3.05) is 20.3 Å². The van der Waals surface area contributed by atoms with E-state index in [9.17, 15) is 4.79 Å². The van der Waals surface area contributed by atoms with Gasteiger partial charge >= 0.3 is 0 Å². The first kappa shape index (κ1) is 28.5. The molecule has 0 spiro atoms. The zero-order valence-electron chi connectivity index (χ0n) is 24.2. The molecular formula is C32H50N2O2. The molecule has 0 bridgehead atoms. The number of hydrogen-bond acceptors (Lipinski definition) is 2. The van der Waals surface area contributed by atoms with Crippen LogP contribution < -0.4 is 5.32 Å². The van der Waals surface area contributed by atoms with E-state index < -0.39 is 0 Å². The fraction of sp³-hybridized carbons (Fsp3) is 0.656. The van der Waals surface area contributed by atoms with Crippen molar-refractivity contribution in [2.45, 2.75) is 111 Å². The summed E-state index contributed by atoms with van der Waals surface area (Å²) in [7, 11) is 1.72. The molecule has 36 heavy (non-hydrogen) atoms. The first-order chi connectivity index (χ1) is 16.9. The molecule has 0 atom stereocenters. The predicted octanol–water partition coefficient (Wildman–Crippen LogP) is 7.80.